The number of benzene rings is 2. The summed E-state index contributed by atoms with van der Waals surface area (Å²) in [5.74, 6) is -0.465. The zero-order valence-electron chi connectivity index (χ0n) is 15.8. The maximum Gasteiger partial charge on any atom is 0.227 e. The largest absolute Gasteiger partial charge is 0.352 e. The smallest absolute Gasteiger partial charge is 0.227 e. The number of sulfone groups is 1. The van der Waals surface area contributed by atoms with Crippen molar-refractivity contribution in [1.29, 1.82) is 0 Å². The van der Waals surface area contributed by atoms with E-state index in [1.807, 2.05) is 12.1 Å². The quantitative estimate of drug-likeness (QED) is 0.760. The first-order valence-electron chi connectivity index (χ1n) is 9.53. The van der Waals surface area contributed by atoms with E-state index >= 15 is 0 Å². The molecule has 6 nitrogen and oxygen atoms in total. The highest BCUT2D eigenvalue weighted by molar-refractivity contribution is 7.91. The van der Waals surface area contributed by atoms with E-state index in [-0.39, 0.29) is 28.9 Å². The molecular formula is C21H21ClN2O4S. The molecule has 2 heterocycles. The summed E-state index contributed by atoms with van der Waals surface area (Å²) in [6, 6.07) is 10.4. The van der Waals surface area contributed by atoms with E-state index in [1.165, 1.54) is 0 Å². The molecule has 2 aliphatic heterocycles. The Morgan fingerprint density at radius 2 is 1.76 bits per heavy atom. The number of hydrogen-bond acceptors (Lipinski definition) is 4. The van der Waals surface area contributed by atoms with Gasteiger partial charge in [-0.05, 0) is 53.8 Å². The Kier molecular flexibility index (Phi) is 5.36. The second-order valence-corrected chi connectivity index (χ2v) is 9.90. The van der Waals surface area contributed by atoms with Crippen molar-refractivity contribution in [1.82, 2.24) is 5.32 Å². The van der Waals surface area contributed by atoms with Gasteiger partial charge in [0.2, 0.25) is 11.8 Å². The topological polar surface area (TPSA) is 83.6 Å². The minimum atomic E-state index is -3.59. The van der Waals surface area contributed by atoms with Gasteiger partial charge in [0.05, 0.1) is 16.3 Å². The van der Waals surface area contributed by atoms with Gasteiger partial charge in [0.15, 0.2) is 9.84 Å². The van der Waals surface area contributed by atoms with E-state index in [4.69, 9.17) is 11.6 Å². The van der Waals surface area contributed by atoms with Crippen LogP contribution in [0, 0.1) is 0 Å². The first kappa shape index (κ1) is 19.9. The Morgan fingerprint density at radius 1 is 1.07 bits per heavy atom. The molecule has 0 saturated heterocycles. The van der Waals surface area contributed by atoms with E-state index in [2.05, 4.69) is 5.32 Å². The molecule has 0 unspecified atom stereocenters. The molecule has 4 rings (SSSR count). The number of aryl methyl sites for hydroxylation is 1. The Hall–Kier alpha value is -2.38. The maximum absolute atomic E-state index is 12.8. The summed E-state index contributed by atoms with van der Waals surface area (Å²) in [4.78, 5) is 26.1. The van der Waals surface area contributed by atoms with Crippen molar-refractivity contribution >= 4 is 38.9 Å². The summed E-state index contributed by atoms with van der Waals surface area (Å²) in [5, 5.41) is 3.35. The fraction of sp³-hybridized carbons (Fsp3) is 0.333. The van der Waals surface area contributed by atoms with Crippen LogP contribution in [0.5, 0.6) is 0 Å². The molecule has 2 amide bonds. The third-order valence-corrected chi connectivity index (χ3v) is 7.33. The predicted octanol–water partition coefficient (Wildman–Crippen LogP) is 2.66. The van der Waals surface area contributed by atoms with Crippen molar-refractivity contribution in [2.24, 2.45) is 0 Å². The number of carbonyl (C=O) groups excluding carboxylic acids is 2. The average Bonchev–Trinajstić information content (AvgIpc) is 3.14. The third-order valence-electron chi connectivity index (χ3n) is 5.39. The van der Waals surface area contributed by atoms with E-state index in [1.54, 1.807) is 29.2 Å². The predicted molar refractivity (Wildman–Crippen MR) is 111 cm³/mol. The molecule has 0 fully saturated rings. The third kappa shape index (κ3) is 4.16. The molecule has 0 atom stereocenters. The first-order chi connectivity index (χ1) is 13.8. The van der Waals surface area contributed by atoms with Crippen molar-refractivity contribution in [3.05, 3.63) is 58.1 Å². The highest BCUT2D eigenvalue weighted by Gasteiger charge is 2.32. The van der Waals surface area contributed by atoms with Crippen LogP contribution in [0.3, 0.4) is 0 Å². The molecule has 2 aliphatic rings. The van der Waals surface area contributed by atoms with E-state index in [0.29, 0.717) is 37.4 Å². The molecule has 152 valence electrons. The second kappa shape index (κ2) is 7.80. The lowest BCUT2D eigenvalue weighted by atomic mass is 10.00. The van der Waals surface area contributed by atoms with Crippen LogP contribution in [0.1, 0.15) is 29.5 Å². The lowest BCUT2D eigenvalue weighted by Gasteiger charge is -2.25. The summed E-state index contributed by atoms with van der Waals surface area (Å²) < 4.78 is 25.6. The molecule has 29 heavy (non-hydrogen) atoms. The van der Waals surface area contributed by atoms with Gasteiger partial charge in [0.1, 0.15) is 0 Å². The minimum absolute atomic E-state index is 0.101. The highest BCUT2D eigenvalue weighted by atomic mass is 35.5. The summed E-state index contributed by atoms with van der Waals surface area (Å²) >= 11 is 5.83. The number of nitrogens with zero attached hydrogens (tertiary/aromatic N) is 1. The fourth-order valence-electron chi connectivity index (χ4n) is 3.84. The number of amides is 2. The van der Waals surface area contributed by atoms with Crippen LogP contribution < -0.4 is 10.2 Å². The standard InChI is InChI=1S/C21H21ClN2O4S/c22-17-4-1-14(2-5-17)13-23-19(25)8-10-29(27,28)18-11-15-3-6-20(26)24-9-7-16(12-18)21(15)24/h1-2,4-5,11-12H,3,6-10,13H2,(H,23,25). The summed E-state index contributed by atoms with van der Waals surface area (Å²) in [6.07, 6.45) is 1.53. The summed E-state index contributed by atoms with van der Waals surface area (Å²) in [5.41, 5.74) is 3.59. The van der Waals surface area contributed by atoms with Gasteiger partial charge in [0, 0.05) is 31.0 Å². The van der Waals surface area contributed by atoms with Crippen LogP contribution in [0.25, 0.3) is 0 Å². The van der Waals surface area contributed by atoms with Crippen molar-refractivity contribution < 1.29 is 18.0 Å². The fourth-order valence-corrected chi connectivity index (χ4v) is 5.30. The summed E-state index contributed by atoms with van der Waals surface area (Å²) in [7, 11) is -3.59. The minimum Gasteiger partial charge on any atom is -0.352 e. The SMILES string of the molecule is O=C(CCS(=O)(=O)c1cc2c3c(c1)CCN3C(=O)CC2)NCc1ccc(Cl)cc1. The van der Waals surface area contributed by atoms with Crippen molar-refractivity contribution in [3.8, 4) is 0 Å². The van der Waals surface area contributed by atoms with Crippen LogP contribution in [0.4, 0.5) is 5.69 Å². The van der Waals surface area contributed by atoms with Crippen LogP contribution in [0.15, 0.2) is 41.3 Å². The molecule has 0 saturated carbocycles. The molecule has 2 aromatic carbocycles. The molecule has 0 radical (unpaired) electrons. The van der Waals surface area contributed by atoms with Gasteiger partial charge in [-0.3, -0.25) is 9.59 Å². The molecular weight excluding hydrogens is 412 g/mol. The van der Waals surface area contributed by atoms with Crippen LogP contribution in [-0.4, -0.2) is 32.5 Å². The number of anilines is 1. The van der Waals surface area contributed by atoms with Crippen LogP contribution in [0.2, 0.25) is 5.02 Å². The van der Waals surface area contributed by atoms with Crippen LogP contribution >= 0.6 is 11.6 Å². The molecule has 0 bridgehead atoms. The van der Waals surface area contributed by atoms with E-state index < -0.39 is 9.84 Å². The normalized spacial score (nSPS) is 15.3. The Labute approximate surface area is 174 Å². The average molecular weight is 433 g/mol. The number of halogens is 1. The summed E-state index contributed by atoms with van der Waals surface area (Å²) in [6.45, 7) is 0.931. The van der Waals surface area contributed by atoms with Crippen molar-refractivity contribution in [2.75, 3.05) is 17.2 Å². The van der Waals surface area contributed by atoms with Gasteiger partial charge in [-0.1, -0.05) is 23.7 Å². The molecule has 0 spiro atoms. The van der Waals surface area contributed by atoms with Crippen LogP contribution in [-0.2, 0) is 38.8 Å². The molecule has 1 N–H and O–H groups in total. The van der Waals surface area contributed by atoms with Gasteiger partial charge in [0.25, 0.3) is 0 Å². The van der Waals surface area contributed by atoms with Gasteiger partial charge in [-0.25, -0.2) is 8.42 Å². The van der Waals surface area contributed by atoms with Gasteiger partial charge in [-0.15, -0.1) is 0 Å². The maximum atomic E-state index is 12.8. The molecule has 0 aromatic heterocycles. The molecule has 0 aliphatic carbocycles. The van der Waals surface area contributed by atoms with Crippen molar-refractivity contribution in [2.45, 2.75) is 37.1 Å². The monoisotopic (exact) mass is 432 g/mol. The van der Waals surface area contributed by atoms with Gasteiger partial charge < -0.3 is 10.2 Å². The Morgan fingerprint density at radius 3 is 2.48 bits per heavy atom. The van der Waals surface area contributed by atoms with E-state index in [0.717, 1.165) is 22.4 Å². The number of rotatable bonds is 6. The lowest BCUT2D eigenvalue weighted by Crippen LogP contribution is -2.33. The van der Waals surface area contributed by atoms with Gasteiger partial charge >= 0.3 is 0 Å². The first-order valence-corrected chi connectivity index (χ1v) is 11.6. The lowest BCUT2D eigenvalue weighted by molar-refractivity contribution is -0.121. The number of hydrogen-bond donors (Lipinski definition) is 1. The highest BCUT2D eigenvalue weighted by Crippen LogP contribution is 2.38. The molecule has 2 aromatic rings. The second-order valence-electron chi connectivity index (χ2n) is 7.36. The Bertz CT molecular complexity index is 1080. The molecule has 8 heteroatoms. The zero-order valence-corrected chi connectivity index (χ0v) is 17.4. The Balaban J connectivity index is 1.41. The van der Waals surface area contributed by atoms with Crippen molar-refractivity contribution in [3.63, 3.8) is 0 Å². The zero-order chi connectivity index (χ0) is 20.6. The number of carbonyl (C=O) groups is 2. The number of nitrogens with one attached hydrogen (secondary N) is 1. The van der Waals surface area contributed by atoms with Gasteiger partial charge in [-0.2, -0.15) is 0 Å². The van der Waals surface area contributed by atoms with E-state index in [9.17, 15) is 18.0 Å².